The van der Waals surface area contributed by atoms with Gasteiger partial charge in [0.05, 0.1) is 0 Å². The van der Waals surface area contributed by atoms with Crippen LogP contribution in [0.1, 0.15) is 37.6 Å². The molecule has 1 atom stereocenters. The molecule has 152 valence electrons. The number of thiophene rings is 1. The molecular weight excluding hydrogens is 388 g/mol. The van der Waals surface area contributed by atoms with Gasteiger partial charge in [-0.1, -0.05) is 0 Å². The van der Waals surface area contributed by atoms with Gasteiger partial charge in [0.2, 0.25) is 5.91 Å². The number of anilines is 1. The van der Waals surface area contributed by atoms with Crippen LogP contribution in [0.3, 0.4) is 0 Å². The fraction of sp³-hybridized carbons (Fsp3) is 0.500. The van der Waals surface area contributed by atoms with Gasteiger partial charge >= 0.3 is 0 Å². The largest absolute Gasteiger partial charge is 0.388 e. The highest BCUT2D eigenvalue weighted by Crippen LogP contribution is 2.57. The summed E-state index contributed by atoms with van der Waals surface area (Å²) in [5, 5.41) is 26.2. The third-order valence-corrected chi connectivity index (χ3v) is 7.13. The number of rotatable bonds is 5. The minimum absolute atomic E-state index is 0.164. The second-order valence-electron chi connectivity index (χ2n) is 8.08. The van der Waals surface area contributed by atoms with Gasteiger partial charge in [0.25, 0.3) is 0 Å². The number of amides is 1. The summed E-state index contributed by atoms with van der Waals surface area (Å²) in [4.78, 5) is 16.6. The molecule has 0 radical (unpaired) electrons. The highest BCUT2D eigenvalue weighted by Gasteiger charge is 2.58. The van der Waals surface area contributed by atoms with Crippen molar-refractivity contribution in [3.8, 4) is 0 Å². The van der Waals surface area contributed by atoms with E-state index in [-0.39, 0.29) is 17.9 Å². The third kappa shape index (κ3) is 3.28. The van der Waals surface area contributed by atoms with E-state index in [4.69, 9.17) is 0 Å². The van der Waals surface area contributed by atoms with Gasteiger partial charge < -0.3 is 14.9 Å². The maximum Gasteiger partial charge on any atom is 0.220 e. The van der Waals surface area contributed by atoms with Gasteiger partial charge in [-0.25, -0.2) is 0 Å². The molecule has 1 aliphatic heterocycles. The first kappa shape index (κ1) is 18.5. The number of fused-ring (bicyclic) bond motifs is 1. The van der Waals surface area contributed by atoms with E-state index in [0.29, 0.717) is 24.1 Å². The van der Waals surface area contributed by atoms with Crippen molar-refractivity contribution in [1.29, 1.82) is 0 Å². The number of hydrogen-bond donors (Lipinski definition) is 1. The van der Waals surface area contributed by atoms with E-state index in [1.54, 1.807) is 22.8 Å². The van der Waals surface area contributed by atoms with Crippen molar-refractivity contribution in [2.45, 2.75) is 45.4 Å². The molecule has 1 unspecified atom stereocenters. The number of aromatic nitrogens is 4. The summed E-state index contributed by atoms with van der Waals surface area (Å²) in [6.07, 6.45) is 3.21. The number of aliphatic hydroxyl groups excluding tert-OH is 1. The first-order valence-corrected chi connectivity index (χ1v) is 10.9. The zero-order chi connectivity index (χ0) is 20.0. The Morgan fingerprint density at radius 1 is 1.31 bits per heavy atom. The number of carbonyl (C=O) groups is 1. The summed E-state index contributed by atoms with van der Waals surface area (Å²) in [7, 11) is 0. The predicted octanol–water partition coefficient (Wildman–Crippen LogP) is 2.09. The lowest BCUT2D eigenvalue weighted by atomic mass is 9.92. The normalized spacial score (nSPS) is 20.3. The summed E-state index contributed by atoms with van der Waals surface area (Å²) in [5.41, 5.74) is 2.10. The van der Waals surface area contributed by atoms with Gasteiger partial charge in [0.15, 0.2) is 11.5 Å². The summed E-state index contributed by atoms with van der Waals surface area (Å²) < 4.78 is 1.61. The molecule has 0 aromatic carbocycles. The molecule has 1 aliphatic carbocycles. The molecule has 29 heavy (non-hydrogen) atoms. The summed E-state index contributed by atoms with van der Waals surface area (Å²) in [6.45, 7) is 4.04. The minimum Gasteiger partial charge on any atom is -0.388 e. The standard InChI is InChI=1S/C20H24N6O2S/c1-14(28)25(11-15-4-9-29-13-15)16-10-20(16)5-7-24(8-6-20)18-3-2-17-21-22-19(12-27)26(17)23-18/h2-4,9,13,16,27H,5-8,10-12H2,1H3. The molecule has 1 saturated carbocycles. The predicted molar refractivity (Wildman–Crippen MR) is 110 cm³/mol. The van der Waals surface area contributed by atoms with Crippen molar-refractivity contribution in [3.63, 3.8) is 0 Å². The van der Waals surface area contributed by atoms with Crippen molar-refractivity contribution in [2.75, 3.05) is 18.0 Å². The second kappa shape index (κ2) is 7.07. The van der Waals surface area contributed by atoms with Gasteiger partial charge in [-0.3, -0.25) is 4.79 Å². The van der Waals surface area contributed by atoms with Crippen LogP contribution >= 0.6 is 11.3 Å². The van der Waals surface area contributed by atoms with Crippen molar-refractivity contribution < 1.29 is 9.90 Å². The Hall–Kier alpha value is -2.52. The van der Waals surface area contributed by atoms with Crippen LogP contribution in [0.5, 0.6) is 0 Å². The van der Waals surface area contributed by atoms with Crippen LogP contribution in [0.4, 0.5) is 5.82 Å². The fourth-order valence-corrected chi connectivity index (χ4v) is 5.26. The quantitative estimate of drug-likeness (QED) is 0.691. The van der Waals surface area contributed by atoms with E-state index in [9.17, 15) is 9.90 Å². The average molecular weight is 413 g/mol. The Morgan fingerprint density at radius 2 is 2.14 bits per heavy atom. The van der Waals surface area contributed by atoms with Crippen LogP contribution < -0.4 is 4.90 Å². The molecule has 1 spiro atoms. The molecule has 9 heteroatoms. The topological polar surface area (TPSA) is 86.9 Å². The Morgan fingerprint density at radius 3 is 2.83 bits per heavy atom. The molecule has 3 aromatic heterocycles. The van der Waals surface area contributed by atoms with E-state index in [1.807, 2.05) is 12.1 Å². The number of hydrogen-bond acceptors (Lipinski definition) is 7. The zero-order valence-corrected chi connectivity index (χ0v) is 17.2. The Kier molecular flexibility index (Phi) is 4.51. The monoisotopic (exact) mass is 412 g/mol. The number of carbonyl (C=O) groups excluding carboxylic acids is 1. The van der Waals surface area contributed by atoms with Gasteiger partial charge in [-0.05, 0) is 59.2 Å². The Balaban J connectivity index is 1.27. The van der Waals surface area contributed by atoms with E-state index in [1.165, 1.54) is 5.56 Å². The highest BCUT2D eigenvalue weighted by molar-refractivity contribution is 7.07. The van der Waals surface area contributed by atoms with Gasteiger partial charge in [-0.15, -0.1) is 15.3 Å². The first-order chi connectivity index (χ1) is 14.1. The second-order valence-corrected chi connectivity index (χ2v) is 8.86. The van der Waals surface area contributed by atoms with E-state index in [0.717, 1.165) is 38.2 Å². The summed E-state index contributed by atoms with van der Waals surface area (Å²) >= 11 is 1.68. The van der Waals surface area contributed by atoms with Gasteiger partial charge in [0, 0.05) is 32.6 Å². The van der Waals surface area contributed by atoms with Crippen LogP contribution in [-0.2, 0) is 17.9 Å². The molecule has 2 aliphatic rings. The summed E-state index contributed by atoms with van der Waals surface area (Å²) in [6, 6.07) is 6.30. The number of piperidine rings is 1. The minimum atomic E-state index is -0.187. The van der Waals surface area contributed by atoms with E-state index >= 15 is 0 Å². The maximum absolute atomic E-state index is 12.3. The Bertz CT molecular complexity index is 1020. The van der Waals surface area contributed by atoms with Gasteiger partial charge in [-0.2, -0.15) is 15.9 Å². The fourth-order valence-electron chi connectivity index (χ4n) is 4.60. The zero-order valence-electron chi connectivity index (χ0n) is 16.4. The van der Waals surface area contributed by atoms with Crippen LogP contribution in [0.25, 0.3) is 5.65 Å². The lowest BCUT2D eigenvalue weighted by molar-refractivity contribution is -0.130. The molecule has 1 amide bonds. The van der Waals surface area contributed by atoms with E-state index in [2.05, 4.69) is 41.9 Å². The van der Waals surface area contributed by atoms with Crippen molar-refractivity contribution >= 4 is 28.7 Å². The molecule has 2 fully saturated rings. The molecule has 1 saturated heterocycles. The van der Waals surface area contributed by atoms with E-state index < -0.39 is 0 Å². The van der Waals surface area contributed by atoms with Crippen LogP contribution in [0.2, 0.25) is 0 Å². The maximum atomic E-state index is 12.3. The van der Waals surface area contributed by atoms with Crippen molar-refractivity contribution in [1.82, 2.24) is 24.7 Å². The SMILES string of the molecule is CC(=O)N(Cc1ccsc1)C1CC12CCN(c1ccc3nnc(CO)n3n1)CC2. The smallest absolute Gasteiger partial charge is 0.220 e. The lowest BCUT2D eigenvalue weighted by Crippen LogP contribution is -2.40. The molecule has 5 rings (SSSR count). The first-order valence-electron chi connectivity index (χ1n) is 9.95. The third-order valence-electron chi connectivity index (χ3n) is 6.40. The van der Waals surface area contributed by atoms with Crippen LogP contribution in [-0.4, -0.2) is 54.9 Å². The van der Waals surface area contributed by atoms with Gasteiger partial charge in [0.1, 0.15) is 12.4 Å². The molecule has 8 nitrogen and oxygen atoms in total. The van der Waals surface area contributed by atoms with Crippen molar-refractivity contribution in [3.05, 3.63) is 40.3 Å². The highest BCUT2D eigenvalue weighted by atomic mass is 32.1. The number of nitrogens with zero attached hydrogens (tertiary/aromatic N) is 6. The summed E-state index contributed by atoms with van der Waals surface area (Å²) in [5.74, 6) is 1.49. The molecular formula is C20H24N6O2S. The Labute approximate surface area is 172 Å². The van der Waals surface area contributed by atoms with Crippen LogP contribution in [0.15, 0.2) is 29.0 Å². The average Bonchev–Trinajstić information content (AvgIpc) is 3.10. The number of aliphatic hydroxyl groups is 1. The van der Waals surface area contributed by atoms with Crippen molar-refractivity contribution in [2.24, 2.45) is 5.41 Å². The molecule has 3 aromatic rings. The lowest BCUT2D eigenvalue weighted by Gasteiger charge is -2.35. The molecule has 1 N–H and O–H groups in total. The molecule has 4 heterocycles. The van der Waals surface area contributed by atoms with Crippen LogP contribution in [0, 0.1) is 5.41 Å². The molecule has 0 bridgehead atoms.